The van der Waals surface area contributed by atoms with E-state index < -0.39 is 15.9 Å². The maximum atomic E-state index is 12.8. The molecule has 7 heteroatoms. The van der Waals surface area contributed by atoms with E-state index in [-0.39, 0.29) is 4.90 Å². The molecule has 0 fully saturated rings. The van der Waals surface area contributed by atoms with Gasteiger partial charge in [-0.05, 0) is 43.2 Å². The molecule has 0 atom stereocenters. The highest BCUT2D eigenvalue weighted by atomic mass is 32.2. The Morgan fingerprint density at radius 1 is 1.14 bits per heavy atom. The molecule has 0 amide bonds. The molecule has 5 nitrogen and oxygen atoms in total. The second kappa shape index (κ2) is 5.33. The molecule has 1 heterocycles. The number of aryl methyl sites for hydroxylation is 1. The fraction of sp³-hybridized carbons (Fsp3) is 0.214. The van der Waals surface area contributed by atoms with E-state index in [1.807, 2.05) is 0 Å². The summed E-state index contributed by atoms with van der Waals surface area (Å²) in [5, 5.41) is 3.74. The van der Waals surface area contributed by atoms with Crippen LogP contribution in [0.1, 0.15) is 24.2 Å². The molecule has 0 spiro atoms. The summed E-state index contributed by atoms with van der Waals surface area (Å²) in [6, 6.07) is 6.11. The quantitative estimate of drug-likeness (QED) is 0.818. The van der Waals surface area contributed by atoms with Crippen molar-refractivity contribution >= 4 is 15.8 Å². The lowest BCUT2D eigenvalue weighted by molar-refractivity contribution is 0.337. The van der Waals surface area contributed by atoms with Crippen molar-refractivity contribution in [1.29, 1.82) is 0 Å². The normalized spacial score (nSPS) is 16.7. The summed E-state index contributed by atoms with van der Waals surface area (Å²) in [6.45, 7) is 0. The van der Waals surface area contributed by atoms with Crippen molar-refractivity contribution in [1.82, 2.24) is 0 Å². The Labute approximate surface area is 121 Å². The van der Waals surface area contributed by atoms with Gasteiger partial charge >= 0.3 is 10.1 Å². The summed E-state index contributed by atoms with van der Waals surface area (Å²) in [7, 11) is -4.05. The van der Waals surface area contributed by atoms with Crippen LogP contribution in [-0.2, 0) is 20.8 Å². The molecular formula is C14H12FNO4S. The average molecular weight is 309 g/mol. The molecule has 0 saturated heterocycles. The SMILES string of the molecule is O=S(=O)(ON=C1CCCc2occc21)c1ccc(F)cc1. The van der Waals surface area contributed by atoms with E-state index in [0.29, 0.717) is 12.1 Å². The molecule has 0 saturated carbocycles. The zero-order valence-corrected chi connectivity index (χ0v) is 11.8. The molecule has 110 valence electrons. The third-order valence-electron chi connectivity index (χ3n) is 3.22. The highest BCUT2D eigenvalue weighted by molar-refractivity contribution is 7.86. The van der Waals surface area contributed by atoms with Gasteiger partial charge in [0.25, 0.3) is 0 Å². The Morgan fingerprint density at radius 3 is 2.67 bits per heavy atom. The lowest BCUT2D eigenvalue weighted by Crippen LogP contribution is -2.12. The van der Waals surface area contributed by atoms with E-state index in [1.165, 1.54) is 0 Å². The van der Waals surface area contributed by atoms with Crippen molar-refractivity contribution in [3.8, 4) is 0 Å². The van der Waals surface area contributed by atoms with Gasteiger partial charge in [0.15, 0.2) is 0 Å². The molecule has 1 aliphatic rings. The smallest absolute Gasteiger partial charge is 0.358 e. The maximum absolute atomic E-state index is 12.8. The summed E-state index contributed by atoms with van der Waals surface area (Å²) < 4.78 is 46.7. The van der Waals surface area contributed by atoms with Gasteiger partial charge in [-0.2, -0.15) is 8.42 Å². The Balaban J connectivity index is 1.85. The van der Waals surface area contributed by atoms with Crippen LogP contribution in [0.3, 0.4) is 0 Å². The van der Waals surface area contributed by atoms with Gasteiger partial charge in [-0.25, -0.2) is 4.39 Å². The highest BCUT2D eigenvalue weighted by Gasteiger charge is 2.21. The number of furan rings is 1. The highest BCUT2D eigenvalue weighted by Crippen LogP contribution is 2.23. The van der Waals surface area contributed by atoms with Gasteiger partial charge in [0.2, 0.25) is 0 Å². The van der Waals surface area contributed by atoms with Crippen molar-refractivity contribution in [2.45, 2.75) is 24.2 Å². The van der Waals surface area contributed by atoms with E-state index in [1.54, 1.807) is 12.3 Å². The maximum Gasteiger partial charge on any atom is 0.358 e. The van der Waals surface area contributed by atoms with Crippen molar-refractivity contribution in [3.05, 3.63) is 53.7 Å². The van der Waals surface area contributed by atoms with Crippen LogP contribution < -0.4 is 0 Å². The topological polar surface area (TPSA) is 68.9 Å². The van der Waals surface area contributed by atoms with Gasteiger partial charge in [-0.1, -0.05) is 5.16 Å². The van der Waals surface area contributed by atoms with Crippen molar-refractivity contribution < 1.29 is 21.5 Å². The third-order valence-corrected chi connectivity index (χ3v) is 4.34. The zero-order chi connectivity index (χ0) is 14.9. The van der Waals surface area contributed by atoms with Crippen LogP contribution in [0.5, 0.6) is 0 Å². The lowest BCUT2D eigenvalue weighted by Gasteiger charge is -2.11. The Morgan fingerprint density at radius 2 is 1.90 bits per heavy atom. The molecule has 1 aliphatic carbocycles. The number of fused-ring (bicyclic) bond motifs is 1. The van der Waals surface area contributed by atoms with Crippen molar-refractivity contribution in [2.24, 2.45) is 5.16 Å². The Hall–Kier alpha value is -2.15. The van der Waals surface area contributed by atoms with E-state index >= 15 is 0 Å². The Kier molecular flexibility index (Phi) is 3.50. The van der Waals surface area contributed by atoms with E-state index in [4.69, 9.17) is 8.70 Å². The minimum Gasteiger partial charge on any atom is -0.469 e. The number of hydrogen-bond acceptors (Lipinski definition) is 5. The lowest BCUT2D eigenvalue weighted by atomic mass is 9.97. The molecule has 1 aromatic carbocycles. The number of oxime groups is 1. The monoisotopic (exact) mass is 309 g/mol. The van der Waals surface area contributed by atoms with Crippen LogP contribution in [0.25, 0.3) is 0 Å². The summed E-state index contributed by atoms with van der Waals surface area (Å²) >= 11 is 0. The van der Waals surface area contributed by atoms with Crippen LogP contribution in [0.15, 0.2) is 51.1 Å². The van der Waals surface area contributed by atoms with E-state index in [9.17, 15) is 12.8 Å². The van der Waals surface area contributed by atoms with Crippen molar-refractivity contribution in [3.63, 3.8) is 0 Å². The van der Waals surface area contributed by atoms with Gasteiger partial charge in [0.1, 0.15) is 16.5 Å². The Bertz CT molecular complexity index is 778. The largest absolute Gasteiger partial charge is 0.469 e. The zero-order valence-electron chi connectivity index (χ0n) is 11.0. The number of benzene rings is 1. The molecular weight excluding hydrogens is 297 g/mol. The number of rotatable bonds is 3. The fourth-order valence-corrected chi connectivity index (χ4v) is 2.92. The first kappa shape index (κ1) is 13.8. The van der Waals surface area contributed by atoms with Crippen LogP contribution >= 0.6 is 0 Å². The molecule has 21 heavy (non-hydrogen) atoms. The molecule has 1 aromatic heterocycles. The number of hydrogen-bond donors (Lipinski definition) is 0. The van der Waals surface area contributed by atoms with Gasteiger partial charge in [-0.3, -0.25) is 4.28 Å². The van der Waals surface area contributed by atoms with E-state index in [0.717, 1.165) is 48.4 Å². The van der Waals surface area contributed by atoms with E-state index in [2.05, 4.69) is 5.16 Å². The third kappa shape index (κ3) is 2.82. The van der Waals surface area contributed by atoms with Gasteiger partial charge in [0.05, 0.1) is 12.0 Å². The molecule has 0 unspecified atom stereocenters. The van der Waals surface area contributed by atoms with Crippen molar-refractivity contribution in [2.75, 3.05) is 0 Å². The molecule has 0 N–H and O–H groups in total. The summed E-state index contributed by atoms with van der Waals surface area (Å²) in [6.07, 6.45) is 3.77. The predicted octanol–water partition coefficient (Wildman–Crippen LogP) is 2.86. The standard InChI is InChI=1S/C14H12FNO4S/c15-10-4-6-11(7-5-10)21(17,18)20-16-13-2-1-3-14-12(13)8-9-19-14/h4-9H,1-3H2. The van der Waals surface area contributed by atoms with Crippen LogP contribution in [-0.4, -0.2) is 14.1 Å². The first-order valence-corrected chi connectivity index (χ1v) is 7.80. The van der Waals surface area contributed by atoms with Crippen LogP contribution in [0, 0.1) is 5.82 Å². The minimum absolute atomic E-state index is 0.142. The van der Waals surface area contributed by atoms with Gasteiger partial charge < -0.3 is 4.42 Å². The fourth-order valence-electron chi connectivity index (χ4n) is 2.18. The summed E-state index contributed by atoms with van der Waals surface area (Å²) in [5.41, 5.74) is 1.31. The van der Waals surface area contributed by atoms with Crippen LogP contribution in [0.2, 0.25) is 0 Å². The molecule has 3 rings (SSSR count). The second-order valence-corrected chi connectivity index (χ2v) is 6.16. The average Bonchev–Trinajstić information content (AvgIpc) is 2.94. The van der Waals surface area contributed by atoms with Gasteiger partial charge in [-0.15, -0.1) is 0 Å². The minimum atomic E-state index is -4.05. The number of halogens is 1. The predicted molar refractivity (Wildman–Crippen MR) is 72.9 cm³/mol. The first-order valence-electron chi connectivity index (χ1n) is 6.39. The number of nitrogens with zero attached hydrogens (tertiary/aromatic N) is 1. The molecule has 0 radical (unpaired) electrons. The molecule has 2 aromatic rings. The first-order chi connectivity index (χ1) is 10.1. The summed E-state index contributed by atoms with van der Waals surface area (Å²) in [4.78, 5) is -0.142. The molecule has 0 aliphatic heterocycles. The second-order valence-electron chi connectivity index (χ2n) is 4.63. The molecule has 0 bridgehead atoms. The summed E-state index contributed by atoms with van der Waals surface area (Å²) in [5.74, 6) is 0.262. The van der Waals surface area contributed by atoms with Gasteiger partial charge in [0, 0.05) is 12.0 Å². The van der Waals surface area contributed by atoms with Crippen LogP contribution in [0.4, 0.5) is 4.39 Å².